The lowest BCUT2D eigenvalue weighted by Crippen LogP contribution is -2.24. The van der Waals surface area contributed by atoms with E-state index in [2.05, 4.69) is 9.72 Å². The van der Waals surface area contributed by atoms with Crippen molar-refractivity contribution < 1.29 is 19.7 Å². The summed E-state index contributed by atoms with van der Waals surface area (Å²) in [5, 5.41) is 19.2. The third kappa shape index (κ3) is 2.77. The van der Waals surface area contributed by atoms with Crippen molar-refractivity contribution in [3.05, 3.63) is 18.2 Å². The number of rotatable bonds is 4. The number of aryl methyl sites for hydroxylation is 1. The molecule has 0 saturated heterocycles. The van der Waals surface area contributed by atoms with Gasteiger partial charge in [0.1, 0.15) is 6.10 Å². The molecule has 0 aliphatic rings. The molecule has 0 spiro atoms. The van der Waals surface area contributed by atoms with E-state index in [1.807, 2.05) is 0 Å². The minimum absolute atomic E-state index is 0.247. The molecule has 2 N–H and O–H groups in total. The molecule has 0 bridgehead atoms. The molecule has 2 unspecified atom stereocenters. The van der Waals surface area contributed by atoms with Gasteiger partial charge in [-0.05, 0) is 0 Å². The molecule has 1 rings (SSSR count). The van der Waals surface area contributed by atoms with Crippen molar-refractivity contribution in [3.63, 3.8) is 0 Å². The van der Waals surface area contributed by atoms with Gasteiger partial charge in [-0.2, -0.15) is 0 Å². The average Bonchev–Trinajstić information content (AvgIpc) is 2.63. The van der Waals surface area contributed by atoms with Gasteiger partial charge < -0.3 is 19.5 Å². The first-order valence-electron chi connectivity index (χ1n) is 4.45. The molecule has 0 aliphatic heterocycles. The van der Waals surface area contributed by atoms with Gasteiger partial charge in [-0.1, -0.05) is 0 Å². The molecule has 0 amide bonds. The summed E-state index contributed by atoms with van der Waals surface area (Å²) in [6.07, 6.45) is 0.363. The van der Waals surface area contributed by atoms with Gasteiger partial charge in [0.05, 0.1) is 37.9 Å². The van der Waals surface area contributed by atoms with E-state index in [1.165, 1.54) is 19.6 Å². The first-order valence-corrected chi connectivity index (χ1v) is 4.45. The van der Waals surface area contributed by atoms with Gasteiger partial charge >= 0.3 is 5.97 Å². The van der Waals surface area contributed by atoms with Crippen LogP contribution in [-0.2, 0) is 16.6 Å². The van der Waals surface area contributed by atoms with Crippen LogP contribution in [0.1, 0.15) is 18.2 Å². The highest BCUT2D eigenvalue weighted by Crippen LogP contribution is 2.17. The van der Waals surface area contributed by atoms with Crippen LogP contribution in [0.3, 0.4) is 0 Å². The average molecular weight is 214 g/mol. The predicted octanol–water partition coefficient (Wildman–Crippen LogP) is -0.623. The smallest absolute Gasteiger partial charge is 0.308 e. The first-order chi connectivity index (χ1) is 7.06. The summed E-state index contributed by atoms with van der Waals surface area (Å²) in [5.74, 6) is -0.566. The largest absolute Gasteiger partial charge is 0.469 e. The van der Waals surface area contributed by atoms with E-state index in [0.29, 0.717) is 5.69 Å². The molecule has 2 atom stereocenters. The maximum atomic E-state index is 10.9. The summed E-state index contributed by atoms with van der Waals surface area (Å²) >= 11 is 0. The van der Waals surface area contributed by atoms with Gasteiger partial charge in [-0.25, -0.2) is 4.98 Å². The zero-order valence-electron chi connectivity index (χ0n) is 8.62. The lowest BCUT2D eigenvalue weighted by atomic mass is 10.1. The summed E-state index contributed by atoms with van der Waals surface area (Å²) in [5.41, 5.74) is 0.450. The van der Waals surface area contributed by atoms with Crippen molar-refractivity contribution in [1.82, 2.24) is 9.55 Å². The second kappa shape index (κ2) is 4.90. The number of nitrogens with zero attached hydrogens (tertiary/aromatic N) is 2. The van der Waals surface area contributed by atoms with Crippen LogP contribution < -0.4 is 0 Å². The Morgan fingerprint density at radius 2 is 2.33 bits per heavy atom. The normalized spacial score (nSPS) is 14.7. The maximum Gasteiger partial charge on any atom is 0.308 e. The Morgan fingerprint density at radius 1 is 1.67 bits per heavy atom. The number of esters is 1. The number of carbonyl (C=O) groups excluding carboxylic acids is 1. The minimum Gasteiger partial charge on any atom is -0.469 e. The molecule has 1 aromatic heterocycles. The zero-order valence-corrected chi connectivity index (χ0v) is 8.62. The van der Waals surface area contributed by atoms with Crippen LogP contribution in [0, 0.1) is 0 Å². The lowest BCUT2D eigenvalue weighted by Gasteiger charge is -2.16. The number of aromatic nitrogens is 2. The van der Waals surface area contributed by atoms with E-state index >= 15 is 0 Å². The molecule has 6 heteroatoms. The number of ether oxygens (including phenoxy) is 1. The molecule has 1 heterocycles. The standard InChI is InChI=1S/C9H14N2O4/c1-11-5-10-4-6(11)9(14)7(12)3-8(13)15-2/h4-5,7,9,12,14H,3H2,1-2H3. The third-order valence-electron chi connectivity index (χ3n) is 2.12. The van der Waals surface area contributed by atoms with Gasteiger partial charge in [0.2, 0.25) is 0 Å². The van der Waals surface area contributed by atoms with Crippen LogP contribution in [0.2, 0.25) is 0 Å². The summed E-state index contributed by atoms with van der Waals surface area (Å²) < 4.78 is 5.96. The molecule has 6 nitrogen and oxygen atoms in total. The quantitative estimate of drug-likeness (QED) is 0.652. The van der Waals surface area contributed by atoms with Crippen LogP contribution >= 0.6 is 0 Å². The second-order valence-electron chi connectivity index (χ2n) is 3.22. The summed E-state index contributed by atoms with van der Waals surface area (Å²) in [6.45, 7) is 0. The van der Waals surface area contributed by atoms with E-state index in [0.717, 1.165) is 0 Å². The number of carbonyl (C=O) groups is 1. The van der Waals surface area contributed by atoms with Gasteiger partial charge in [0, 0.05) is 7.05 Å². The van der Waals surface area contributed by atoms with Crippen LogP contribution in [0.5, 0.6) is 0 Å². The molecule has 0 saturated carbocycles. The molecular weight excluding hydrogens is 200 g/mol. The van der Waals surface area contributed by atoms with Gasteiger partial charge in [0.15, 0.2) is 0 Å². The monoisotopic (exact) mass is 214 g/mol. The molecule has 0 aromatic carbocycles. The zero-order chi connectivity index (χ0) is 11.4. The number of hydrogen-bond acceptors (Lipinski definition) is 5. The van der Waals surface area contributed by atoms with Crippen LogP contribution in [0.15, 0.2) is 12.5 Å². The highest BCUT2D eigenvalue weighted by Gasteiger charge is 2.23. The molecule has 0 radical (unpaired) electrons. The fourth-order valence-electron chi connectivity index (χ4n) is 1.22. The SMILES string of the molecule is COC(=O)CC(O)C(O)c1cncn1C. The molecular formula is C9H14N2O4. The minimum atomic E-state index is -1.19. The highest BCUT2D eigenvalue weighted by molar-refractivity contribution is 5.69. The summed E-state index contributed by atoms with van der Waals surface area (Å²) in [4.78, 5) is 14.7. The second-order valence-corrected chi connectivity index (χ2v) is 3.22. The van der Waals surface area contributed by atoms with Crippen molar-refractivity contribution in [2.24, 2.45) is 7.05 Å². The van der Waals surface area contributed by atoms with Crippen LogP contribution in [0.25, 0.3) is 0 Å². The van der Waals surface area contributed by atoms with Crippen molar-refractivity contribution in [1.29, 1.82) is 0 Å². The third-order valence-corrected chi connectivity index (χ3v) is 2.12. The van der Waals surface area contributed by atoms with E-state index in [-0.39, 0.29) is 6.42 Å². The number of imidazole rings is 1. The van der Waals surface area contributed by atoms with E-state index < -0.39 is 18.2 Å². The number of aliphatic hydroxyl groups excluding tert-OH is 2. The Morgan fingerprint density at radius 3 is 2.80 bits per heavy atom. The molecule has 0 fully saturated rings. The van der Waals surface area contributed by atoms with Crippen molar-refractivity contribution in [2.75, 3.05) is 7.11 Å². The summed E-state index contributed by atoms with van der Waals surface area (Å²) in [6, 6.07) is 0. The van der Waals surface area contributed by atoms with Gasteiger partial charge in [-0.15, -0.1) is 0 Å². The van der Waals surface area contributed by atoms with Gasteiger partial charge in [-0.3, -0.25) is 4.79 Å². The molecule has 1 aromatic rings. The molecule has 0 aliphatic carbocycles. The van der Waals surface area contributed by atoms with Crippen molar-refractivity contribution in [3.8, 4) is 0 Å². The van der Waals surface area contributed by atoms with Crippen LogP contribution in [0.4, 0.5) is 0 Å². The van der Waals surface area contributed by atoms with E-state index in [4.69, 9.17) is 0 Å². The van der Waals surface area contributed by atoms with E-state index in [1.54, 1.807) is 11.6 Å². The predicted molar refractivity (Wildman–Crippen MR) is 50.8 cm³/mol. The Labute approximate surface area is 87.1 Å². The molecule has 15 heavy (non-hydrogen) atoms. The Bertz CT molecular complexity index is 337. The molecule has 84 valence electrons. The Kier molecular flexibility index (Phi) is 3.81. The first kappa shape index (κ1) is 11.7. The fourth-order valence-corrected chi connectivity index (χ4v) is 1.22. The highest BCUT2D eigenvalue weighted by atomic mass is 16.5. The van der Waals surface area contributed by atoms with Gasteiger partial charge in [0.25, 0.3) is 0 Å². The maximum absolute atomic E-state index is 10.9. The Hall–Kier alpha value is -1.40. The van der Waals surface area contributed by atoms with Crippen molar-refractivity contribution in [2.45, 2.75) is 18.6 Å². The van der Waals surface area contributed by atoms with Crippen LogP contribution in [-0.4, -0.2) is 38.9 Å². The topological polar surface area (TPSA) is 84.6 Å². The number of methoxy groups -OCH3 is 1. The lowest BCUT2D eigenvalue weighted by molar-refractivity contribution is -0.144. The van der Waals surface area contributed by atoms with E-state index in [9.17, 15) is 15.0 Å². The van der Waals surface area contributed by atoms with Crippen molar-refractivity contribution >= 4 is 5.97 Å². The number of hydrogen-bond donors (Lipinski definition) is 2. The number of aliphatic hydroxyl groups is 2. The summed E-state index contributed by atoms with van der Waals surface area (Å²) in [7, 11) is 2.92. The Balaban J connectivity index is 2.64. The fraction of sp³-hybridized carbons (Fsp3) is 0.556.